The minimum absolute atomic E-state index is 0.0723. The number of fused-ring (bicyclic) bond motifs is 4. The first-order chi connectivity index (χ1) is 18.3. The number of furan rings is 1. The topological polar surface area (TPSA) is 118 Å². The molecule has 4 aliphatic rings. The van der Waals surface area contributed by atoms with E-state index in [1.807, 2.05) is 19.9 Å². The third-order valence-electron chi connectivity index (χ3n) is 10.4. The summed E-state index contributed by atoms with van der Waals surface area (Å²) in [7, 11) is 2.60. The highest BCUT2D eigenvalue weighted by molar-refractivity contribution is 5.99. The lowest BCUT2D eigenvalue weighted by atomic mass is 9.40. The van der Waals surface area contributed by atoms with Crippen LogP contribution in [0.2, 0.25) is 0 Å². The molecule has 0 N–H and O–H groups in total. The molecule has 5 rings (SSSR count). The molecule has 1 aromatic rings. The fourth-order valence-electron chi connectivity index (χ4n) is 8.74. The molecule has 0 bridgehead atoms. The monoisotopic (exact) mass is 540 g/mol. The van der Waals surface area contributed by atoms with Crippen molar-refractivity contribution in [3.8, 4) is 0 Å². The predicted octanol–water partition coefficient (Wildman–Crippen LogP) is 3.91. The molecule has 39 heavy (non-hydrogen) atoms. The van der Waals surface area contributed by atoms with Gasteiger partial charge in [0.05, 0.1) is 37.8 Å². The van der Waals surface area contributed by atoms with E-state index in [1.165, 1.54) is 33.3 Å². The Kier molecular flexibility index (Phi) is 6.25. The van der Waals surface area contributed by atoms with Gasteiger partial charge in [-0.15, -0.1) is 0 Å². The molecule has 0 aromatic carbocycles. The van der Waals surface area contributed by atoms with Crippen molar-refractivity contribution >= 4 is 29.3 Å². The third-order valence-corrected chi connectivity index (χ3v) is 10.4. The predicted molar refractivity (Wildman–Crippen MR) is 138 cm³/mol. The smallest absolute Gasteiger partial charge is 0.315 e. The maximum absolute atomic E-state index is 14.0. The summed E-state index contributed by atoms with van der Waals surface area (Å²) in [5.41, 5.74) is -2.48. The first-order valence-electron chi connectivity index (χ1n) is 13.3. The van der Waals surface area contributed by atoms with Gasteiger partial charge in [0.2, 0.25) is 0 Å². The van der Waals surface area contributed by atoms with E-state index in [4.69, 9.17) is 23.4 Å². The first kappa shape index (κ1) is 27.4. The normalized spacial score (nSPS) is 42.2. The van der Waals surface area contributed by atoms with Crippen LogP contribution in [0.1, 0.15) is 53.0 Å². The van der Waals surface area contributed by atoms with E-state index in [0.717, 1.165) is 11.1 Å². The van der Waals surface area contributed by atoms with Gasteiger partial charge in [0.15, 0.2) is 5.78 Å². The molecular weight excluding hydrogens is 504 g/mol. The number of ether oxygens (including phenoxy) is 4. The number of hydrogen-bond acceptors (Lipinski definition) is 9. The van der Waals surface area contributed by atoms with Crippen molar-refractivity contribution in [2.75, 3.05) is 14.2 Å². The summed E-state index contributed by atoms with van der Waals surface area (Å²) < 4.78 is 28.7. The highest BCUT2D eigenvalue weighted by atomic mass is 16.6. The van der Waals surface area contributed by atoms with Crippen LogP contribution in [0.25, 0.3) is 5.57 Å². The van der Waals surface area contributed by atoms with E-state index in [2.05, 4.69) is 6.08 Å². The summed E-state index contributed by atoms with van der Waals surface area (Å²) in [4.78, 5) is 53.0. The van der Waals surface area contributed by atoms with Crippen LogP contribution in [0.5, 0.6) is 0 Å². The molecule has 2 heterocycles. The Balaban J connectivity index is 1.77. The number of esters is 3. The summed E-state index contributed by atoms with van der Waals surface area (Å²) in [5, 5.41) is 0. The number of ketones is 1. The van der Waals surface area contributed by atoms with Crippen LogP contribution in [0.15, 0.2) is 41.2 Å². The molecule has 1 saturated carbocycles. The van der Waals surface area contributed by atoms with Crippen LogP contribution >= 0.6 is 0 Å². The van der Waals surface area contributed by atoms with E-state index in [1.54, 1.807) is 26.4 Å². The molecule has 1 aliphatic heterocycles. The van der Waals surface area contributed by atoms with Crippen molar-refractivity contribution in [2.45, 2.75) is 65.3 Å². The molecular formula is C30H36O9. The first-order valence-corrected chi connectivity index (χ1v) is 13.3. The van der Waals surface area contributed by atoms with Gasteiger partial charge in [-0.2, -0.15) is 0 Å². The number of allylic oxidation sites excluding steroid dienone is 2. The van der Waals surface area contributed by atoms with Gasteiger partial charge in [-0.1, -0.05) is 26.0 Å². The second-order valence-electron chi connectivity index (χ2n) is 12.1. The maximum Gasteiger partial charge on any atom is 0.315 e. The van der Waals surface area contributed by atoms with Crippen molar-refractivity contribution in [2.24, 2.45) is 34.0 Å². The molecule has 3 aliphatic carbocycles. The number of hydrogen-bond donors (Lipinski definition) is 0. The van der Waals surface area contributed by atoms with Crippen molar-refractivity contribution in [1.82, 2.24) is 0 Å². The van der Waals surface area contributed by atoms with E-state index >= 15 is 0 Å². The summed E-state index contributed by atoms with van der Waals surface area (Å²) >= 11 is 0. The van der Waals surface area contributed by atoms with Gasteiger partial charge in [0.25, 0.3) is 0 Å². The number of carbonyl (C=O) groups is 4. The average molecular weight is 541 g/mol. The number of rotatable bonds is 5. The second kappa shape index (κ2) is 8.91. The van der Waals surface area contributed by atoms with E-state index in [9.17, 15) is 19.2 Å². The van der Waals surface area contributed by atoms with Crippen LogP contribution in [-0.4, -0.2) is 55.7 Å². The minimum atomic E-state index is -1.33. The Morgan fingerprint density at radius 3 is 2.41 bits per heavy atom. The van der Waals surface area contributed by atoms with E-state index in [-0.39, 0.29) is 18.1 Å². The van der Waals surface area contributed by atoms with Crippen molar-refractivity contribution in [1.29, 1.82) is 0 Å². The van der Waals surface area contributed by atoms with Crippen LogP contribution in [-0.2, 0) is 38.1 Å². The lowest BCUT2D eigenvalue weighted by Gasteiger charge is -2.62. The van der Waals surface area contributed by atoms with Crippen LogP contribution in [0.3, 0.4) is 0 Å². The molecule has 2 fully saturated rings. The molecule has 9 atom stereocenters. The van der Waals surface area contributed by atoms with Crippen molar-refractivity contribution < 1.29 is 42.5 Å². The van der Waals surface area contributed by atoms with Gasteiger partial charge in [-0.3, -0.25) is 19.2 Å². The zero-order valence-corrected chi connectivity index (χ0v) is 23.4. The largest absolute Gasteiger partial charge is 0.472 e. The van der Waals surface area contributed by atoms with Crippen LogP contribution in [0, 0.1) is 34.0 Å². The fraction of sp³-hybridized carbons (Fsp3) is 0.600. The standard InChI is InChI=1S/C30H36O9/c1-16(31)38-23-24-27(2,26(34)36-7)12-10-21(32)29(24,4)20(14-22(33)35-6)28(3)19-9-8-18(17-11-13-37-15-17)30(19,5)39-25(23)28/h8,10-13,15,19-20,23-25H,9,14H2,1-7H3/t19?,20-,23+,24?,25+,27+,28-,29-,30+/m0/s1. The van der Waals surface area contributed by atoms with E-state index < -0.39 is 63.8 Å². The Labute approximate surface area is 227 Å². The van der Waals surface area contributed by atoms with Gasteiger partial charge in [-0.05, 0) is 43.9 Å². The van der Waals surface area contributed by atoms with Gasteiger partial charge in [0, 0.05) is 41.6 Å². The summed E-state index contributed by atoms with van der Waals surface area (Å²) in [6.07, 6.45) is 7.15. The Bertz CT molecular complexity index is 1280. The molecule has 1 aromatic heterocycles. The molecule has 210 valence electrons. The zero-order chi connectivity index (χ0) is 28.5. The van der Waals surface area contributed by atoms with Gasteiger partial charge < -0.3 is 23.4 Å². The van der Waals surface area contributed by atoms with Gasteiger partial charge in [0.1, 0.15) is 12.2 Å². The summed E-state index contributed by atoms with van der Waals surface area (Å²) in [6.45, 7) is 8.79. The Morgan fingerprint density at radius 2 is 1.82 bits per heavy atom. The van der Waals surface area contributed by atoms with Crippen LogP contribution in [0.4, 0.5) is 0 Å². The molecule has 9 nitrogen and oxygen atoms in total. The quantitative estimate of drug-likeness (QED) is 0.404. The van der Waals surface area contributed by atoms with Gasteiger partial charge >= 0.3 is 17.9 Å². The maximum atomic E-state index is 14.0. The van der Waals surface area contributed by atoms with Crippen LogP contribution < -0.4 is 0 Å². The summed E-state index contributed by atoms with van der Waals surface area (Å²) in [5.74, 6) is -3.48. The third kappa shape index (κ3) is 3.47. The lowest BCUT2D eigenvalue weighted by molar-refractivity contribution is -0.231. The second-order valence-corrected chi connectivity index (χ2v) is 12.1. The minimum Gasteiger partial charge on any atom is -0.472 e. The SMILES string of the molecule is COC(=O)C[C@H]1[C@]2(C)C3CC=C(c4ccoc4)[C@@]3(C)O[C@@H]2[C@H](OC(C)=O)C2[C@](C)(C(=O)OC)C=CC(=O)[C@@]21C. The van der Waals surface area contributed by atoms with Crippen molar-refractivity contribution in [3.05, 3.63) is 42.4 Å². The highest BCUT2D eigenvalue weighted by Gasteiger charge is 2.78. The molecule has 0 spiro atoms. The van der Waals surface area contributed by atoms with Crippen molar-refractivity contribution in [3.63, 3.8) is 0 Å². The zero-order valence-electron chi connectivity index (χ0n) is 23.4. The Morgan fingerprint density at radius 1 is 1.10 bits per heavy atom. The molecule has 0 amide bonds. The molecule has 1 saturated heterocycles. The fourth-order valence-corrected chi connectivity index (χ4v) is 8.74. The van der Waals surface area contributed by atoms with Gasteiger partial charge in [-0.25, -0.2) is 0 Å². The average Bonchev–Trinajstić information content (AvgIpc) is 3.58. The molecule has 0 radical (unpaired) electrons. The van der Waals surface area contributed by atoms with E-state index in [0.29, 0.717) is 6.42 Å². The lowest BCUT2D eigenvalue weighted by Crippen LogP contribution is -2.70. The molecule has 9 heteroatoms. The number of carbonyl (C=O) groups excluding carboxylic acids is 4. The summed E-state index contributed by atoms with van der Waals surface area (Å²) in [6, 6.07) is 1.87. The highest BCUT2D eigenvalue weighted by Crippen LogP contribution is 2.72. The number of methoxy groups -OCH3 is 2. The Hall–Kier alpha value is -3.20. The molecule has 2 unspecified atom stereocenters.